The number of hydrogen-bond acceptors (Lipinski definition) is 6. The fourth-order valence-electron chi connectivity index (χ4n) is 4.56. The number of aryl methyl sites for hydroxylation is 2. The van der Waals surface area contributed by atoms with Gasteiger partial charge in [0.15, 0.2) is 0 Å². The van der Waals surface area contributed by atoms with E-state index in [4.69, 9.17) is 11.5 Å². The van der Waals surface area contributed by atoms with Crippen LogP contribution in [0.4, 0.5) is 22.7 Å². The minimum atomic E-state index is 0.737. The summed E-state index contributed by atoms with van der Waals surface area (Å²) in [6.45, 7) is 8.56. The Morgan fingerprint density at radius 3 is 1.60 bits per heavy atom. The number of nitrogens with zero attached hydrogens (tertiary/aromatic N) is 4. The molecule has 0 saturated carbocycles. The van der Waals surface area contributed by atoms with Gasteiger partial charge in [-0.15, -0.1) is 0 Å². The number of hydrogen-bond donors (Lipinski definition) is 2. The van der Waals surface area contributed by atoms with Gasteiger partial charge in [-0.3, -0.25) is 0 Å². The molecule has 0 saturated heterocycles. The van der Waals surface area contributed by atoms with Crippen molar-refractivity contribution in [2.45, 2.75) is 39.5 Å². The van der Waals surface area contributed by atoms with Crippen molar-refractivity contribution in [3.63, 3.8) is 0 Å². The Morgan fingerprint density at radius 1 is 0.767 bits per heavy atom. The van der Waals surface area contributed by atoms with Crippen LogP contribution in [0.2, 0.25) is 0 Å². The average molecular weight is 405 g/mol. The number of anilines is 4. The predicted octanol–water partition coefficient (Wildman–Crippen LogP) is 3.85. The maximum absolute atomic E-state index is 6.29. The van der Waals surface area contributed by atoms with Gasteiger partial charge in [0.05, 0.1) is 12.4 Å². The molecule has 2 aliphatic heterocycles. The Morgan fingerprint density at radius 2 is 1.20 bits per heavy atom. The molecular weight excluding hydrogens is 372 g/mol. The van der Waals surface area contributed by atoms with Gasteiger partial charge in [-0.25, -0.2) is 0 Å². The van der Waals surface area contributed by atoms with E-state index in [9.17, 15) is 0 Å². The number of nitrogens with two attached hydrogens (primary N) is 2. The highest BCUT2D eigenvalue weighted by atomic mass is 15.2. The van der Waals surface area contributed by atoms with Crippen LogP contribution in [0, 0.1) is 0 Å². The summed E-state index contributed by atoms with van der Waals surface area (Å²) < 4.78 is 0. The Kier molecular flexibility index (Phi) is 5.93. The molecule has 2 aromatic rings. The van der Waals surface area contributed by atoms with Gasteiger partial charge in [-0.05, 0) is 74.9 Å². The number of benzene rings is 2. The molecule has 0 fully saturated rings. The summed E-state index contributed by atoms with van der Waals surface area (Å²) in [5, 5.41) is 8.51. The lowest BCUT2D eigenvalue weighted by Gasteiger charge is -2.31. The first kappa shape index (κ1) is 20.3. The van der Waals surface area contributed by atoms with E-state index in [2.05, 4.69) is 58.1 Å². The molecule has 0 bridgehead atoms. The molecule has 0 aromatic heterocycles. The lowest BCUT2D eigenvalue weighted by molar-refractivity contribution is 0.708. The van der Waals surface area contributed by atoms with Crippen molar-refractivity contribution in [1.29, 1.82) is 0 Å². The van der Waals surface area contributed by atoms with Crippen LogP contribution in [-0.2, 0) is 12.8 Å². The molecule has 0 spiro atoms. The summed E-state index contributed by atoms with van der Waals surface area (Å²) in [5.74, 6) is 0. The van der Waals surface area contributed by atoms with Crippen molar-refractivity contribution in [3.05, 3.63) is 46.5 Å². The van der Waals surface area contributed by atoms with Gasteiger partial charge in [0, 0.05) is 60.1 Å². The first-order valence-electron chi connectivity index (χ1n) is 11.0. The molecule has 0 radical (unpaired) electrons. The second-order valence-corrected chi connectivity index (χ2v) is 8.08. The van der Waals surface area contributed by atoms with E-state index in [1.165, 1.54) is 35.3 Å². The standard InChI is InChI=1S/C24H32N6/c1-3-29-9-5-7-17-11-19(21(25)13-23(17)29)15-27-28-16-20-12-18-8-6-10-30(4-2)24(18)14-22(20)26/h11-16H,3-10,25-26H2,1-2H3/b27-15+,28-16+. The van der Waals surface area contributed by atoms with Crippen molar-refractivity contribution in [2.75, 3.05) is 47.4 Å². The van der Waals surface area contributed by atoms with Gasteiger partial charge in [0.25, 0.3) is 0 Å². The molecule has 2 heterocycles. The quantitative estimate of drug-likeness (QED) is 0.450. The van der Waals surface area contributed by atoms with Gasteiger partial charge in [-0.2, -0.15) is 10.2 Å². The van der Waals surface area contributed by atoms with Crippen LogP contribution in [-0.4, -0.2) is 38.6 Å². The lowest BCUT2D eigenvalue weighted by atomic mass is 9.98. The molecule has 0 aliphatic carbocycles. The topological polar surface area (TPSA) is 83.2 Å². The minimum Gasteiger partial charge on any atom is -0.398 e. The molecule has 2 aliphatic rings. The summed E-state index contributed by atoms with van der Waals surface area (Å²) in [7, 11) is 0. The van der Waals surface area contributed by atoms with Crippen LogP contribution in [0.5, 0.6) is 0 Å². The van der Waals surface area contributed by atoms with E-state index >= 15 is 0 Å². The lowest BCUT2D eigenvalue weighted by Crippen LogP contribution is -2.29. The molecule has 4 N–H and O–H groups in total. The predicted molar refractivity (Wildman–Crippen MR) is 129 cm³/mol. The SMILES string of the molecule is CCN1CCCc2cc(/C=N/N=C/c3cc4c(cc3N)N(CC)CCC4)c(N)cc21. The summed E-state index contributed by atoms with van der Waals surface area (Å²) in [6, 6.07) is 8.45. The minimum absolute atomic E-state index is 0.737. The first-order chi connectivity index (χ1) is 14.6. The maximum atomic E-state index is 6.29. The second kappa shape index (κ2) is 8.78. The monoisotopic (exact) mass is 404 g/mol. The van der Waals surface area contributed by atoms with Crippen LogP contribution < -0.4 is 21.3 Å². The van der Waals surface area contributed by atoms with Crippen molar-refractivity contribution in [2.24, 2.45) is 10.2 Å². The molecule has 30 heavy (non-hydrogen) atoms. The Balaban J connectivity index is 1.53. The molecule has 0 amide bonds. The Hall–Kier alpha value is -3.02. The summed E-state index contributed by atoms with van der Waals surface area (Å²) in [5.41, 5.74) is 21.1. The molecule has 2 aromatic carbocycles. The third-order valence-electron chi connectivity index (χ3n) is 6.22. The Bertz CT molecular complexity index is 899. The van der Waals surface area contributed by atoms with E-state index in [-0.39, 0.29) is 0 Å². The highest BCUT2D eigenvalue weighted by Crippen LogP contribution is 2.32. The normalized spacial score (nSPS) is 16.3. The van der Waals surface area contributed by atoms with Gasteiger partial charge in [-0.1, -0.05) is 0 Å². The smallest absolute Gasteiger partial charge is 0.0588 e. The van der Waals surface area contributed by atoms with Crippen molar-refractivity contribution in [1.82, 2.24) is 0 Å². The Labute approximate surface area is 179 Å². The number of nitrogen functional groups attached to an aromatic ring is 2. The number of rotatable bonds is 5. The first-order valence-corrected chi connectivity index (χ1v) is 11.0. The van der Waals surface area contributed by atoms with Crippen molar-refractivity contribution >= 4 is 35.2 Å². The van der Waals surface area contributed by atoms with Crippen LogP contribution in [0.3, 0.4) is 0 Å². The van der Waals surface area contributed by atoms with Crippen LogP contribution in [0.25, 0.3) is 0 Å². The zero-order chi connectivity index (χ0) is 21.1. The molecule has 0 unspecified atom stereocenters. The van der Waals surface area contributed by atoms with Crippen LogP contribution in [0.15, 0.2) is 34.5 Å². The summed E-state index contributed by atoms with van der Waals surface area (Å²) in [4.78, 5) is 4.76. The van der Waals surface area contributed by atoms with Gasteiger partial charge < -0.3 is 21.3 Å². The third-order valence-corrected chi connectivity index (χ3v) is 6.22. The summed E-state index contributed by atoms with van der Waals surface area (Å²) >= 11 is 0. The molecule has 6 heteroatoms. The van der Waals surface area contributed by atoms with E-state index in [0.717, 1.165) is 61.5 Å². The van der Waals surface area contributed by atoms with Gasteiger partial charge in [0.2, 0.25) is 0 Å². The van der Waals surface area contributed by atoms with Crippen LogP contribution in [0.1, 0.15) is 48.9 Å². The van der Waals surface area contributed by atoms with E-state index in [1.54, 1.807) is 12.4 Å². The largest absolute Gasteiger partial charge is 0.398 e. The maximum Gasteiger partial charge on any atom is 0.0588 e. The molecular formula is C24H32N6. The number of fused-ring (bicyclic) bond motifs is 2. The van der Waals surface area contributed by atoms with Crippen molar-refractivity contribution < 1.29 is 0 Å². The van der Waals surface area contributed by atoms with Gasteiger partial charge >= 0.3 is 0 Å². The molecule has 6 nitrogen and oxygen atoms in total. The molecule has 0 atom stereocenters. The van der Waals surface area contributed by atoms with E-state index < -0.39 is 0 Å². The second-order valence-electron chi connectivity index (χ2n) is 8.08. The fraction of sp³-hybridized carbons (Fsp3) is 0.417. The third kappa shape index (κ3) is 3.99. The molecule has 158 valence electrons. The highest BCUT2D eigenvalue weighted by molar-refractivity contribution is 5.91. The fourth-order valence-corrected chi connectivity index (χ4v) is 4.56. The average Bonchev–Trinajstić information content (AvgIpc) is 2.76. The van der Waals surface area contributed by atoms with Gasteiger partial charge in [0.1, 0.15) is 0 Å². The summed E-state index contributed by atoms with van der Waals surface area (Å²) in [6.07, 6.45) is 7.99. The molecule has 4 rings (SSSR count). The highest BCUT2D eigenvalue weighted by Gasteiger charge is 2.18. The zero-order valence-corrected chi connectivity index (χ0v) is 18.1. The van der Waals surface area contributed by atoms with Crippen LogP contribution >= 0.6 is 0 Å². The van der Waals surface area contributed by atoms with E-state index in [0.29, 0.717) is 0 Å². The van der Waals surface area contributed by atoms with Crippen molar-refractivity contribution in [3.8, 4) is 0 Å². The zero-order valence-electron chi connectivity index (χ0n) is 18.1. The van der Waals surface area contributed by atoms with E-state index in [1.807, 2.05) is 0 Å².